The lowest BCUT2D eigenvalue weighted by molar-refractivity contribution is 0.477. The number of fused-ring (bicyclic) bond motifs is 1. The van der Waals surface area contributed by atoms with Crippen molar-refractivity contribution in [2.75, 3.05) is 4.72 Å². The molecular formula is C17H12N2O3S3. The third kappa shape index (κ3) is 3.11. The Hall–Kier alpha value is -2.42. The number of para-hydroxylation sites is 1. The largest absolute Gasteiger partial charge is 0.507 e. The smallest absolute Gasteiger partial charge is 0.271 e. The number of nitrogens with zero attached hydrogens (tertiary/aromatic N) is 1. The molecule has 0 unspecified atom stereocenters. The molecule has 5 nitrogen and oxygen atoms in total. The molecule has 0 spiro atoms. The molecule has 0 atom stereocenters. The van der Waals surface area contributed by atoms with Gasteiger partial charge in [-0.15, -0.1) is 22.7 Å². The molecule has 0 bridgehead atoms. The molecule has 0 aliphatic carbocycles. The molecule has 0 saturated heterocycles. The van der Waals surface area contributed by atoms with Gasteiger partial charge >= 0.3 is 0 Å². The molecule has 25 heavy (non-hydrogen) atoms. The molecule has 2 N–H and O–H groups in total. The molecule has 0 fully saturated rings. The molecule has 0 radical (unpaired) electrons. The number of nitrogens with one attached hydrogen (secondary N) is 1. The Morgan fingerprint density at radius 2 is 1.88 bits per heavy atom. The van der Waals surface area contributed by atoms with Gasteiger partial charge in [-0.05, 0) is 35.7 Å². The van der Waals surface area contributed by atoms with Gasteiger partial charge in [0.05, 0.1) is 21.5 Å². The zero-order valence-corrected chi connectivity index (χ0v) is 15.2. The van der Waals surface area contributed by atoms with E-state index < -0.39 is 10.0 Å². The quantitative estimate of drug-likeness (QED) is 0.538. The van der Waals surface area contributed by atoms with E-state index in [4.69, 9.17) is 0 Å². The second-order valence-electron chi connectivity index (χ2n) is 5.26. The third-order valence-electron chi connectivity index (χ3n) is 3.53. The van der Waals surface area contributed by atoms with Crippen LogP contribution in [0.15, 0.2) is 64.2 Å². The van der Waals surface area contributed by atoms with E-state index in [9.17, 15) is 13.5 Å². The molecule has 0 amide bonds. The topological polar surface area (TPSA) is 79.3 Å². The summed E-state index contributed by atoms with van der Waals surface area (Å²) >= 11 is 2.61. The zero-order chi connectivity index (χ0) is 17.4. The molecule has 2 aromatic carbocycles. The maximum atomic E-state index is 12.3. The molecule has 0 aliphatic rings. The molecule has 2 heterocycles. The van der Waals surface area contributed by atoms with Crippen LogP contribution in [0, 0.1) is 0 Å². The second-order valence-corrected chi connectivity index (χ2v) is 9.14. The van der Waals surface area contributed by atoms with Crippen molar-refractivity contribution in [3.63, 3.8) is 0 Å². The highest BCUT2D eigenvalue weighted by molar-refractivity contribution is 7.94. The Morgan fingerprint density at radius 3 is 2.60 bits per heavy atom. The predicted molar refractivity (Wildman–Crippen MR) is 102 cm³/mol. The Morgan fingerprint density at radius 1 is 1.04 bits per heavy atom. The number of rotatable bonds is 4. The maximum absolute atomic E-state index is 12.3. The van der Waals surface area contributed by atoms with E-state index >= 15 is 0 Å². The standard InChI is InChI=1S/C17H12N2O3S3/c20-14-10-11(19-25(21,22)16-6-3-9-23-16)7-8-12(14)17-18-13-4-1-2-5-15(13)24-17/h1-10,19-20H. The Labute approximate surface area is 152 Å². The summed E-state index contributed by atoms with van der Waals surface area (Å²) in [6, 6.07) is 15.6. The highest BCUT2D eigenvalue weighted by Crippen LogP contribution is 2.36. The van der Waals surface area contributed by atoms with Gasteiger partial charge in [-0.2, -0.15) is 0 Å². The number of sulfonamides is 1. The van der Waals surface area contributed by atoms with Crippen LogP contribution < -0.4 is 4.72 Å². The fourth-order valence-corrected chi connectivity index (χ4v) is 5.43. The van der Waals surface area contributed by atoms with E-state index in [-0.39, 0.29) is 9.96 Å². The number of thiophene rings is 1. The summed E-state index contributed by atoms with van der Waals surface area (Å²) in [7, 11) is -3.64. The van der Waals surface area contributed by atoms with E-state index in [1.807, 2.05) is 24.3 Å². The molecule has 8 heteroatoms. The van der Waals surface area contributed by atoms with Crippen LogP contribution in [0.4, 0.5) is 5.69 Å². The summed E-state index contributed by atoms with van der Waals surface area (Å²) in [5.41, 5.74) is 1.74. The summed E-state index contributed by atoms with van der Waals surface area (Å²) < 4.78 is 28.2. The van der Waals surface area contributed by atoms with E-state index in [2.05, 4.69) is 9.71 Å². The van der Waals surface area contributed by atoms with Gasteiger partial charge in [0.2, 0.25) is 0 Å². The molecule has 0 aliphatic heterocycles. The normalized spacial score (nSPS) is 11.7. The number of hydrogen-bond donors (Lipinski definition) is 2. The number of anilines is 1. The van der Waals surface area contributed by atoms with Crippen LogP contribution in [0.25, 0.3) is 20.8 Å². The van der Waals surface area contributed by atoms with Crippen LogP contribution in [-0.2, 0) is 10.0 Å². The predicted octanol–water partition coefficient (Wildman–Crippen LogP) is 4.53. The number of hydrogen-bond acceptors (Lipinski definition) is 6. The van der Waals surface area contributed by atoms with Gasteiger partial charge in [-0.25, -0.2) is 13.4 Å². The second kappa shape index (κ2) is 6.14. The van der Waals surface area contributed by atoms with Crippen LogP contribution in [0.1, 0.15) is 0 Å². The Bertz CT molecular complexity index is 1120. The Balaban J connectivity index is 1.67. The van der Waals surface area contributed by atoms with E-state index in [1.54, 1.807) is 23.6 Å². The monoisotopic (exact) mass is 388 g/mol. The van der Waals surface area contributed by atoms with Crippen molar-refractivity contribution >= 4 is 48.6 Å². The first-order valence-corrected chi connectivity index (χ1v) is 10.5. The minimum Gasteiger partial charge on any atom is -0.507 e. The zero-order valence-electron chi connectivity index (χ0n) is 12.7. The number of benzene rings is 2. The number of phenolic OH excluding ortho intramolecular Hbond substituents is 1. The third-order valence-corrected chi connectivity index (χ3v) is 7.38. The van der Waals surface area contributed by atoms with Gasteiger partial charge in [0.15, 0.2) is 0 Å². The summed E-state index contributed by atoms with van der Waals surface area (Å²) in [4.78, 5) is 4.51. The van der Waals surface area contributed by atoms with E-state index in [0.717, 1.165) is 21.6 Å². The molecule has 2 aromatic heterocycles. The highest BCUT2D eigenvalue weighted by atomic mass is 32.2. The first kappa shape index (κ1) is 16.1. The first-order chi connectivity index (χ1) is 12.0. The van der Waals surface area contributed by atoms with Gasteiger partial charge in [0.1, 0.15) is 15.0 Å². The average molecular weight is 388 g/mol. The molecule has 4 rings (SSSR count). The summed E-state index contributed by atoms with van der Waals surface area (Å²) in [5.74, 6) is -0.0227. The summed E-state index contributed by atoms with van der Waals surface area (Å²) in [6.45, 7) is 0. The van der Waals surface area contributed by atoms with Gasteiger partial charge in [0.25, 0.3) is 10.0 Å². The van der Waals surface area contributed by atoms with Crippen molar-refractivity contribution in [3.05, 3.63) is 60.0 Å². The minimum atomic E-state index is -3.64. The van der Waals surface area contributed by atoms with Crippen LogP contribution in [0.3, 0.4) is 0 Å². The van der Waals surface area contributed by atoms with Crippen molar-refractivity contribution in [2.24, 2.45) is 0 Å². The number of phenols is 1. The van der Waals surface area contributed by atoms with Gasteiger partial charge in [-0.1, -0.05) is 18.2 Å². The van der Waals surface area contributed by atoms with Crippen LogP contribution in [0.5, 0.6) is 5.75 Å². The van der Waals surface area contributed by atoms with Crippen LogP contribution in [0.2, 0.25) is 0 Å². The van der Waals surface area contributed by atoms with Crippen molar-refractivity contribution < 1.29 is 13.5 Å². The number of aromatic nitrogens is 1. The first-order valence-electron chi connectivity index (χ1n) is 7.28. The van der Waals surface area contributed by atoms with Crippen molar-refractivity contribution in [3.8, 4) is 16.3 Å². The van der Waals surface area contributed by atoms with Crippen molar-refractivity contribution in [1.82, 2.24) is 4.98 Å². The maximum Gasteiger partial charge on any atom is 0.271 e. The molecular weight excluding hydrogens is 376 g/mol. The van der Waals surface area contributed by atoms with E-state index in [1.165, 1.54) is 23.5 Å². The molecule has 126 valence electrons. The fraction of sp³-hybridized carbons (Fsp3) is 0. The summed E-state index contributed by atoms with van der Waals surface area (Å²) in [5, 5.41) is 12.7. The average Bonchev–Trinajstić information content (AvgIpc) is 3.24. The van der Waals surface area contributed by atoms with Crippen LogP contribution >= 0.6 is 22.7 Å². The lowest BCUT2D eigenvalue weighted by atomic mass is 10.2. The molecule has 0 saturated carbocycles. The lowest BCUT2D eigenvalue weighted by Crippen LogP contribution is -2.11. The van der Waals surface area contributed by atoms with E-state index in [0.29, 0.717) is 16.3 Å². The Kier molecular flexibility index (Phi) is 3.95. The SMILES string of the molecule is O=S(=O)(Nc1ccc(-c2nc3ccccc3s2)c(O)c1)c1cccs1. The fourth-order valence-electron chi connectivity index (χ4n) is 2.39. The van der Waals surface area contributed by atoms with Gasteiger partial charge < -0.3 is 5.11 Å². The van der Waals surface area contributed by atoms with Crippen molar-refractivity contribution in [2.45, 2.75) is 4.21 Å². The minimum absolute atomic E-state index is 0.0227. The molecule has 4 aromatic rings. The van der Waals surface area contributed by atoms with Gasteiger partial charge in [0, 0.05) is 6.07 Å². The van der Waals surface area contributed by atoms with Gasteiger partial charge in [-0.3, -0.25) is 4.72 Å². The number of aromatic hydroxyl groups is 1. The van der Waals surface area contributed by atoms with Crippen LogP contribution in [-0.4, -0.2) is 18.5 Å². The van der Waals surface area contributed by atoms with Crippen molar-refractivity contribution in [1.29, 1.82) is 0 Å². The summed E-state index contributed by atoms with van der Waals surface area (Å²) in [6.07, 6.45) is 0. The highest BCUT2D eigenvalue weighted by Gasteiger charge is 2.17. The number of thiazole rings is 1. The lowest BCUT2D eigenvalue weighted by Gasteiger charge is -2.08.